The molecule has 2 heterocycles. The first-order valence-electron chi connectivity index (χ1n) is 11.0. The van der Waals surface area contributed by atoms with Gasteiger partial charge >= 0.3 is 0 Å². The molecule has 1 aliphatic heterocycles. The second-order valence-electron chi connectivity index (χ2n) is 8.87. The highest BCUT2D eigenvalue weighted by molar-refractivity contribution is 7.80. The van der Waals surface area contributed by atoms with E-state index in [1.165, 1.54) is 24.8 Å². The van der Waals surface area contributed by atoms with Crippen molar-refractivity contribution in [1.82, 2.24) is 15.3 Å². The van der Waals surface area contributed by atoms with Gasteiger partial charge in [-0.3, -0.25) is 0 Å². The molecule has 0 spiro atoms. The van der Waals surface area contributed by atoms with Crippen molar-refractivity contribution in [2.24, 2.45) is 5.92 Å². The zero-order chi connectivity index (χ0) is 21.8. The van der Waals surface area contributed by atoms with Crippen molar-refractivity contribution in [1.29, 1.82) is 0 Å². The number of aromatic nitrogens is 2. The van der Waals surface area contributed by atoms with E-state index in [-0.39, 0.29) is 5.41 Å². The van der Waals surface area contributed by atoms with Gasteiger partial charge in [-0.25, -0.2) is 4.98 Å². The van der Waals surface area contributed by atoms with E-state index in [2.05, 4.69) is 44.6 Å². The van der Waals surface area contributed by atoms with Crippen LogP contribution in [-0.4, -0.2) is 34.7 Å². The summed E-state index contributed by atoms with van der Waals surface area (Å²) >= 11 is 18.1. The minimum Gasteiger partial charge on any atom is -0.361 e. The Morgan fingerprint density at radius 2 is 2.00 bits per heavy atom. The van der Waals surface area contributed by atoms with Gasteiger partial charge in [0, 0.05) is 36.1 Å². The molecule has 2 N–H and O–H groups in total. The van der Waals surface area contributed by atoms with Crippen LogP contribution in [0.1, 0.15) is 51.0 Å². The lowest BCUT2D eigenvalue weighted by molar-refractivity contribution is 0.435. The Morgan fingerprint density at radius 1 is 1.19 bits per heavy atom. The van der Waals surface area contributed by atoms with Crippen molar-refractivity contribution in [3.05, 3.63) is 46.1 Å². The molecule has 1 aliphatic carbocycles. The standard InChI is InChI=1S/C23H29Cl2N5S/c1-16-6-5-11-30(14-16)20-13-19(25)27-21(28-20)29-22(31)26-15-23(9-2-3-10-23)17-7-4-8-18(24)12-17/h4,7-8,12-13,16H,2-3,5-6,9-11,14-15H2,1H3,(H2,26,27,28,29,31)/t16-/m1/s1. The van der Waals surface area contributed by atoms with E-state index in [1.54, 1.807) is 0 Å². The summed E-state index contributed by atoms with van der Waals surface area (Å²) in [7, 11) is 0. The highest BCUT2D eigenvalue weighted by Gasteiger charge is 2.35. The van der Waals surface area contributed by atoms with E-state index in [9.17, 15) is 0 Å². The van der Waals surface area contributed by atoms with Crippen LogP contribution >= 0.6 is 35.4 Å². The Bertz CT molecular complexity index is 932. The highest BCUT2D eigenvalue weighted by Crippen LogP contribution is 2.41. The van der Waals surface area contributed by atoms with Crippen LogP contribution < -0.4 is 15.5 Å². The van der Waals surface area contributed by atoms with Crippen LogP contribution in [0.4, 0.5) is 11.8 Å². The van der Waals surface area contributed by atoms with Crippen molar-refractivity contribution in [3.8, 4) is 0 Å². The number of halogens is 2. The van der Waals surface area contributed by atoms with Crippen LogP contribution in [0.2, 0.25) is 10.2 Å². The predicted octanol–water partition coefficient (Wildman–Crippen LogP) is 5.82. The first kappa shape index (κ1) is 22.6. The molecular weight excluding hydrogens is 449 g/mol. The van der Waals surface area contributed by atoms with Crippen molar-refractivity contribution < 1.29 is 0 Å². The monoisotopic (exact) mass is 477 g/mol. The van der Waals surface area contributed by atoms with Crippen LogP contribution in [-0.2, 0) is 5.41 Å². The Balaban J connectivity index is 1.42. The summed E-state index contributed by atoms with van der Waals surface area (Å²) in [4.78, 5) is 11.3. The lowest BCUT2D eigenvalue weighted by atomic mass is 9.79. The van der Waals surface area contributed by atoms with Crippen molar-refractivity contribution >= 4 is 52.3 Å². The number of nitrogens with one attached hydrogen (secondary N) is 2. The number of hydrogen-bond donors (Lipinski definition) is 2. The van der Waals surface area contributed by atoms with Crippen molar-refractivity contribution in [2.45, 2.75) is 50.9 Å². The average Bonchev–Trinajstić information content (AvgIpc) is 3.22. The molecule has 5 nitrogen and oxygen atoms in total. The lowest BCUT2D eigenvalue weighted by Crippen LogP contribution is -2.41. The van der Waals surface area contributed by atoms with Crippen LogP contribution in [0.15, 0.2) is 30.3 Å². The van der Waals surface area contributed by atoms with Crippen LogP contribution in [0, 0.1) is 5.92 Å². The number of nitrogens with zero attached hydrogens (tertiary/aromatic N) is 3. The third kappa shape index (κ3) is 5.60. The van der Waals surface area contributed by atoms with Crippen LogP contribution in [0.25, 0.3) is 0 Å². The van der Waals surface area contributed by atoms with Gasteiger partial charge in [0.2, 0.25) is 5.95 Å². The number of hydrogen-bond acceptors (Lipinski definition) is 4. The smallest absolute Gasteiger partial charge is 0.232 e. The van der Waals surface area contributed by atoms with E-state index >= 15 is 0 Å². The summed E-state index contributed by atoms with van der Waals surface area (Å²) < 4.78 is 0. The molecule has 0 radical (unpaired) electrons. The molecule has 0 bridgehead atoms. The quantitative estimate of drug-likeness (QED) is 0.417. The summed E-state index contributed by atoms with van der Waals surface area (Å²) in [5.74, 6) is 1.93. The molecule has 1 aromatic heterocycles. The molecule has 166 valence electrons. The molecule has 1 saturated carbocycles. The van der Waals surface area contributed by atoms with Crippen molar-refractivity contribution in [3.63, 3.8) is 0 Å². The van der Waals surface area contributed by atoms with Gasteiger partial charge in [0.15, 0.2) is 5.11 Å². The molecule has 0 amide bonds. The Labute approximate surface area is 199 Å². The van der Waals surface area contributed by atoms with Gasteiger partial charge in [-0.05, 0) is 61.5 Å². The van der Waals surface area contributed by atoms with E-state index < -0.39 is 0 Å². The van der Waals surface area contributed by atoms with Gasteiger partial charge in [0.05, 0.1) is 0 Å². The van der Waals surface area contributed by atoms with Gasteiger partial charge in [-0.1, -0.05) is 55.1 Å². The highest BCUT2D eigenvalue weighted by atomic mass is 35.5. The maximum atomic E-state index is 6.29. The molecule has 1 aromatic carbocycles. The molecule has 8 heteroatoms. The Kier molecular flexibility index (Phi) is 7.19. The maximum absolute atomic E-state index is 6.29. The zero-order valence-electron chi connectivity index (χ0n) is 17.8. The molecule has 2 fully saturated rings. The molecule has 31 heavy (non-hydrogen) atoms. The molecule has 0 unspecified atom stereocenters. The Hall–Kier alpha value is -1.63. The molecule has 2 aliphatic rings. The van der Waals surface area contributed by atoms with Crippen LogP contribution in [0.3, 0.4) is 0 Å². The second-order valence-corrected chi connectivity index (χ2v) is 10.1. The number of piperidine rings is 1. The predicted molar refractivity (Wildman–Crippen MR) is 133 cm³/mol. The molecule has 1 atom stereocenters. The number of rotatable bonds is 5. The topological polar surface area (TPSA) is 53.1 Å². The number of anilines is 2. The average molecular weight is 478 g/mol. The summed E-state index contributed by atoms with van der Waals surface area (Å²) in [6.07, 6.45) is 7.08. The summed E-state index contributed by atoms with van der Waals surface area (Å²) in [5.41, 5.74) is 1.31. The number of thiocarbonyl (C=S) groups is 1. The molecule has 2 aromatic rings. The fraction of sp³-hybridized carbons (Fsp3) is 0.522. The third-order valence-corrected chi connectivity index (χ3v) is 7.15. The normalized spacial score (nSPS) is 20.5. The SMILES string of the molecule is C[C@@H]1CCCN(c2cc(Cl)nc(NC(=S)NCC3(c4cccc(Cl)c4)CCCC3)n2)C1. The largest absolute Gasteiger partial charge is 0.361 e. The van der Waals surface area contributed by atoms with Gasteiger partial charge < -0.3 is 15.5 Å². The second kappa shape index (κ2) is 9.88. The van der Waals surface area contributed by atoms with Gasteiger partial charge in [-0.2, -0.15) is 4.98 Å². The minimum absolute atomic E-state index is 0.0426. The minimum atomic E-state index is 0.0426. The van der Waals surface area contributed by atoms with E-state index in [4.69, 9.17) is 35.4 Å². The van der Waals surface area contributed by atoms with Gasteiger partial charge in [0.1, 0.15) is 11.0 Å². The zero-order valence-corrected chi connectivity index (χ0v) is 20.2. The van der Waals surface area contributed by atoms with Crippen LogP contribution in [0.5, 0.6) is 0 Å². The first-order chi connectivity index (χ1) is 14.9. The molecular formula is C23H29Cl2N5S. The summed E-state index contributed by atoms with van der Waals surface area (Å²) in [6.45, 7) is 4.99. The van der Waals surface area contributed by atoms with Gasteiger partial charge in [0.25, 0.3) is 0 Å². The third-order valence-electron chi connectivity index (χ3n) is 6.47. The van der Waals surface area contributed by atoms with E-state index in [0.29, 0.717) is 22.1 Å². The first-order valence-corrected chi connectivity index (χ1v) is 12.2. The maximum Gasteiger partial charge on any atom is 0.232 e. The summed E-state index contributed by atoms with van der Waals surface area (Å²) in [5, 5.41) is 8.24. The fourth-order valence-corrected chi connectivity index (χ4v) is 5.39. The molecule has 4 rings (SSSR count). The number of benzene rings is 1. The van der Waals surface area contributed by atoms with Crippen molar-refractivity contribution in [2.75, 3.05) is 29.9 Å². The van der Waals surface area contributed by atoms with Gasteiger partial charge in [-0.15, -0.1) is 0 Å². The lowest BCUT2D eigenvalue weighted by Gasteiger charge is -2.32. The van der Waals surface area contributed by atoms with E-state index in [0.717, 1.165) is 49.7 Å². The fourth-order valence-electron chi connectivity index (χ4n) is 4.85. The van der Waals surface area contributed by atoms with E-state index in [1.807, 2.05) is 18.2 Å². The Morgan fingerprint density at radius 3 is 2.74 bits per heavy atom. The molecule has 1 saturated heterocycles. The summed E-state index contributed by atoms with van der Waals surface area (Å²) in [6, 6.07) is 10.0.